The fourth-order valence-electron chi connectivity index (χ4n) is 0.829. The van der Waals surface area contributed by atoms with Crippen LogP contribution in [-0.2, 0) is 17.0 Å². The predicted molar refractivity (Wildman–Crippen MR) is 43.5 cm³/mol. The molecule has 10 heavy (non-hydrogen) atoms. The Morgan fingerprint density at radius 3 is 2.20 bits per heavy atom. The van der Waals surface area contributed by atoms with E-state index in [9.17, 15) is 5.11 Å². The van der Waals surface area contributed by atoms with Crippen LogP contribution in [0.1, 0.15) is 11.1 Å². The van der Waals surface area contributed by atoms with Crippen LogP contribution in [0.2, 0.25) is 0 Å². The van der Waals surface area contributed by atoms with Gasteiger partial charge < -0.3 is 0 Å². The van der Waals surface area contributed by atoms with Gasteiger partial charge in [-0.3, -0.25) is 0 Å². The highest BCUT2D eigenvalue weighted by atomic mass is 79.9. The summed E-state index contributed by atoms with van der Waals surface area (Å²) in [6.07, 6.45) is 0. The lowest BCUT2D eigenvalue weighted by atomic mass is 10.1. The third-order valence-electron chi connectivity index (χ3n) is 1.42. The minimum absolute atomic E-state index is 0.123. The third kappa shape index (κ3) is 1.58. The van der Waals surface area contributed by atoms with Crippen LogP contribution in [0.3, 0.4) is 0 Å². The van der Waals surface area contributed by atoms with E-state index >= 15 is 0 Å². The van der Waals surface area contributed by atoms with Crippen LogP contribution in [0.5, 0.6) is 0 Å². The zero-order valence-electron chi connectivity index (χ0n) is 5.51. The molecule has 0 N–H and O–H groups in total. The molecule has 1 nitrogen and oxygen atoms in total. The molecule has 0 heterocycles. The summed E-state index contributed by atoms with van der Waals surface area (Å²) >= 11 is 3.31. The van der Waals surface area contributed by atoms with Crippen LogP contribution in [0.25, 0.3) is 0 Å². The molecule has 1 rings (SSSR count). The van der Waals surface area contributed by atoms with E-state index < -0.39 is 0 Å². The van der Waals surface area contributed by atoms with Crippen molar-refractivity contribution in [2.24, 2.45) is 0 Å². The molecule has 1 aromatic carbocycles. The molecule has 0 spiro atoms. The second-order valence-corrected chi connectivity index (χ2v) is 2.61. The van der Waals surface area contributed by atoms with Gasteiger partial charge in [0.2, 0.25) is 0 Å². The van der Waals surface area contributed by atoms with Gasteiger partial charge in [0.15, 0.2) is 0 Å². The molecule has 1 radical (unpaired) electrons. The molecule has 0 fully saturated rings. The van der Waals surface area contributed by atoms with Crippen LogP contribution >= 0.6 is 15.9 Å². The SMILES string of the molecule is [O]Cc1ccccc1CBr. The molecule has 0 saturated carbocycles. The largest absolute Gasteiger partial charge is 0.232 e. The Balaban J connectivity index is 2.96. The van der Waals surface area contributed by atoms with Crippen LogP contribution in [0.4, 0.5) is 0 Å². The summed E-state index contributed by atoms with van der Waals surface area (Å²) in [5, 5.41) is 11.3. The maximum atomic E-state index is 10.5. The molecule has 0 aliphatic rings. The molecule has 0 saturated heterocycles. The van der Waals surface area contributed by atoms with Crippen LogP contribution in [0, 0.1) is 0 Å². The Morgan fingerprint density at radius 1 is 1.20 bits per heavy atom. The summed E-state index contributed by atoms with van der Waals surface area (Å²) in [4.78, 5) is 0. The molecular formula is C8H8BrO. The molecule has 0 aliphatic carbocycles. The molecule has 53 valence electrons. The van der Waals surface area contributed by atoms with E-state index in [0.717, 1.165) is 16.5 Å². The van der Waals surface area contributed by atoms with Crippen molar-refractivity contribution in [1.82, 2.24) is 0 Å². The normalized spacial score (nSPS) is 9.80. The van der Waals surface area contributed by atoms with E-state index in [1.807, 2.05) is 24.3 Å². The average Bonchev–Trinajstić information content (AvgIpc) is 2.04. The zero-order chi connectivity index (χ0) is 7.40. The number of halogens is 1. The summed E-state index contributed by atoms with van der Waals surface area (Å²) in [7, 11) is 0. The van der Waals surface area contributed by atoms with Crippen molar-refractivity contribution < 1.29 is 5.11 Å². The lowest BCUT2D eigenvalue weighted by Crippen LogP contribution is -1.87. The van der Waals surface area contributed by atoms with Gasteiger partial charge in [-0.25, -0.2) is 5.11 Å². The summed E-state index contributed by atoms with van der Waals surface area (Å²) in [6, 6.07) is 7.65. The smallest absolute Gasteiger partial charge is 0.108 e. The highest BCUT2D eigenvalue weighted by Crippen LogP contribution is 2.11. The molecule has 0 atom stereocenters. The summed E-state index contributed by atoms with van der Waals surface area (Å²) in [5.41, 5.74) is 1.98. The first-order chi connectivity index (χ1) is 4.88. The number of benzene rings is 1. The van der Waals surface area contributed by atoms with E-state index in [1.54, 1.807) is 0 Å². The monoisotopic (exact) mass is 199 g/mol. The second kappa shape index (κ2) is 3.74. The highest BCUT2D eigenvalue weighted by molar-refractivity contribution is 9.08. The van der Waals surface area contributed by atoms with Crippen molar-refractivity contribution in [3.8, 4) is 0 Å². The molecular weight excluding hydrogens is 192 g/mol. The van der Waals surface area contributed by atoms with Crippen molar-refractivity contribution in [3.05, 3.63) is 35.4 Å². The summed E-state index contributed by atoms with van der Waals surface area (Å²) in [5.74, 6) is 0. The molecule has 0 bridgehead atoms. The first-order valence-electron chi connectivity index (χ1n) is 3.09. The lowest BCUT2D eigenvalue weighted by molar-refractivity contribution is 0.177. The van der Waals surface area contributed by atoms with Gasteiger partial charge in [-0.15, -0.1) is 0 Å². The highest BCUT2D eigenvalue weighted by Gasteiger charge is 1.96. The van der Waals surface area contributed by atoms with E-state index in [1.165, 1.54) is 0 Å². The second-order valence-electron chi connectivity index (χ2n) is 2.05. The lowest BCUT2D eigenvalue weighted by Gasteiger charge is -1.99. The van der Waals surface area contributed by atoms with Gasteiger partial charge in [-0.1, -0.05) is 40.2 Å². The Labute approximate surface area is 68.8 Å². The standard InChI is InChI=1S/C8H8BrO/c9-5-7-3-1-2-4-8(7)6-10/h1-4H,5-6H2. The topological polar surface area (TPSA) is 19.9 Å². The zero-order valence-corrected chi connectivity index (χ0v) is 7.10. The predicted octanol–water partition coefficient (Wildman–Crippen LogP) is 2.51. The molecule has 0 aliphatic heterocycles. The average molecular weight is 200 g/mol. The van der Waals surface area contributed by atoms with Crippen molar-refractivity contribution in [2.45, 2.75) is 11.9 Å². The Bertz CT molecular complexity index is 187. The molecule has 0 aromatic heterocycles. The van der Waals surface area contributed by atoms with E-state index in [4.69, 9.17) is 0 Å². The number of hydrogen-bond donors (Lipinski definition) is 0. The first kappa shape index (κ1) is 7.76. The number of alkyl halides is 1. The fraction of sp³-hybridized carbons (Fsp3) is 0.250. The van der Waals surface area contributed by atoms with Crippen molar-refractivity contribution in [1.29, 1.82) is 0 Å². The summed E-state index contributed by atoms with van der Waals surface area (Å²) in [6.45, 7) is -0.123. The Morgan fingerprint density at radius 2 is 1.80 bits per heavy atom. The van der Waals surface area contributed by atoms with E-state index in [-0.39, 0.29) is 6.61 Å². The van der Waals surface area contributed by atoms with E-state index in [2.05, 4.69) is 15.9 Å². The van der Waals surface area contributed by atoms with Crippen LogP contribution < -0.4 is 0 Å². The van der Waals surface area contributed by atoms with Gasteiger partial charge in [-0.05, 0) is 11.1 Å². The van der Waals surface area contributed by atoms with Gasteiger partial charge in [0.1, 0.15) is 6.61 Å². The van der Waals surface area contributed by atoms with Gasteiger partial charge in [0.25, 0.3) is 0 Å². The molecule has 0 unspecified atom stereocenters. The Kier molecular flexibility index (Phi) is 2.90. The van der Waals surface area contributed by atoms with Crippen LogP contribution in [-0.4, -0.2) is 0 Å². The molecule has 0 amide bonds. The first-order valence-corrected chi connectivity index (χ1v) is 4.21. The maximum absolute atomic E-state index is 10.5. The fourth-order valence-corrected chi connectivity index (χ4v) is 1.38. The number of hydrogen-bond acceptors (Lipinski definition) is 0. The minimum Gasteiger partial charge on any atom is -0.232 e. The van der Waals surface area contributed by atoms with Gasteiger partial charge >= 0.3 is 0 Å². The molecule has 2 heteroatoms. The quantitative estimate of drug-likeness (QED) is 0.653. The molecule has 1 aromatic rings. The minimum atomic E-state index is -0.123. The third-order valence-corrected chi connectivity index (χ3v) is 2.02. The van der Waals surface area contributed by atoms with Crippen molar-refractivity contribution in [3.63, 3.8) is 0 Å². The maximum Gasteiger partial charge on any atom is 0.108 e. The van der Waals surface area contributed by atoms with Crippen LogP contribution in [0.15, 0.2) is 24.3 Å². The number of rotatable bonds is 2. The van der Waals surface area contributed by atoms with Gasteiger partial charge in [0.05, 0.1) is 0 Å². The van der Waals surface area contributed by atoms with Gasteiger partial charge in [-0.2, -0.15) is 0 Å². The van der Waals surface area contributed by atoms with Gasteiger partial charge in [0, 0.05) is 5.33 Å². The van der Waals surface area contributed by atoms with E-state index in [0.29, 0.717) is 0 Å². The summed E-state index contributed by atoms with van der Waals surface area (Å²) < 4.78 is 0. The Hall–Kier alpha value is -0.340. The van der Waals surface area contributed by atoms with Crippen molar-refractivity contribution in [2.75, 3.05) is 0 Å². The van der Waals surface area contributed by atoms with Crippen molar-refractivity contribution >= 4 is 15.9 Å².